The molecule has 0 radical (unpaired) electrons. The van der Waals surface area contributed by atoms with E-state index in [1.807, 2.05) is 60.7 Å². The molecule has 3 aromatic rings. The molecule has 0 bridgehead atoms. The molecule has 2 aliphatic rings. The lowest BCUT2D eigenvalue weighted by molar-refractivity contribution is 0.102. The number of hydrogen-bond acceptors (Lipinski definition) is 5. The Morgan fingerprint density at radius 1 is 0.917 bits per heavy atom. The average molecular weight is 485 g/mol. The quantitative estimate of drug-likeness (QED) is 0.412. The third-order valence-corrected chi connectivity index (χ3v) is 6.84. The number of anilines is 3. The van der Waals surface area contributed by atoms with Crippen LogP contribution >= 0.6 is 0 Å². The van der Waals surface area contributed by atoms with Crippen LogP contribution in [-0.4, -0.2) is 31.1 Å². The Bertz CT molecular complexity index is 1210. The van der Waals surface area contributed by atoms with Gasteiger partial charge in [-0.2, -0.15) is 0 Å². The maximum atomic E-state index is 13.0. The van der Waals surface area contributed by atoms with Crippen molar-refractivity contribution in [2.75, 3.05) is 28.6 Å². The third-order valence-electron chi connectivity index (χ3n) is 6.84. The van der Waals surface area contributed by atoms with Crippen molar-refractivity contribution in [2.24, 2.45) is 5.73 Å². The zero-order chi connectivity index (χ0) is 24.9. The number of nitrogens with zero attached hydrogens (tertiary/aromatic N) is 1. The molecule has 7 nitrogen and oxygen atoms in total. The van der Waals surface area contributed by atoms with E-state index in [-0.39, 0.29) is 18.6 Å². The van der Waals surface area contributed by atoms with E-state index in [4.69, 9.17) is 10.5 Å². The molecule has 4 N–H and O–H groups in total. The summed E-state index contributed by atoms with van der Waals surface area (Å²) in [5.74, 6) is 0.184. The van der Waals surface area contributed by atoms with Crippen molar-refractivity contribution in [3.8, 4) is 0 Å². The summed E-state index contributed by atoms with van der Waals surface area (Å²) < 4.78 is 5.44. The molecular weight excluding hydrogens is 452 g/mol. The Morgan fingerprint density at radius 3 is 2.33 bits per heavy atom. The Labute approximate surface area is 211 Å². The second-order valence-corrected chi connectivity index (χ2v) is 9.55. The summed E-state index contributed by atoms with van der Waals surface area (Å²) in [4.78, 5) is 27.9. The summed E-state index contributed by atoms with van der Waals surface area (Å²) in [5, 5.41) is 5.83. The van der Waals surface area contributed by atoms with Gasteiger partial charge in [0.05, 0.1) is 11.4 Å². The van der Waals surface area contributed by atoms with Crippen LogP contribution in [0.1, 0.15) is 53.1 Å². The number of nitrogens with one attached hydrogen (secondary N) is 2. The van der Waals surface area contributed by atoms with Crippen molar-refractivity contribution in [3.63, 3.8) is 0 Å². The highest BCUT2D eigenvalue weighted by molar-refractivity contribution is 6.06. The van der Waals surface area contributed by atoms with Crippen LogP contribution in [0.25, 0.3) is 0 Å². The van der Waals surface area contributed by atoms with E-state index in [9.17, 15) is 9.59 Å². The van der Waals surface area contributed by atoms with Gasteiger partial charge in [0.15, 0.2) is 0 Å². The van der Waals surface area contributed by atoms with Gasteiger partial charge in [0, 0.05) is 36.3 Å². The molecule has 1 saturated carbocycles. The number of hydrogen-bond donors (Lipinski definition) is 3. The van der Waals surface area contributed by atoms with Gasteiger partial charge < -0.3 is 20.7 Å². The van der Waals surface area contributed by atoms with Crippen LogP contribution in [0.2, 0.25) is 0 Å². The van der Waals surface area contributed by atoms with Crippen LogP contribution in [0.5, 0.6) is 0 Å². The lowest BCUT2D eigenvalue weighted by atomic mass is 10.1. The van der Waals surface area contributed by atoms with Gasteiger partial charge in [-0.05, 0) is 67.1 Å². The first-order valence-corrected chi connectivity index (χ1v) is 12.6. The van der Waals surface area contributed by atoms with Crippen molar-refractivity contribution in [3.05, 3.63) is 89.5 Å². The standard InChI is InChI=1S/C29H32N4O3/c30-25-18-24(25)21-9-12-23(13-10-21)31-28(34)22-11-14-27(33-15-5-2-6-16-33)26(17-22)32-29(35)36-19-20-7-3-1-4-8-20/h1,3-4,7-14,17,24-25H,2,5-6,15-16,18-19,30H2,(H,31,34)(H,32,35)/t24-,25+/m0/s1. The zero-order valence-corrected chi connectivity index (χ0v) is 20.3. The summed E-state index contributed by atoms with van der Waals surface area (Å²) in [5.41, 5.74) is 10.7. The number of piperidine rings is 1. The van der Waals surface area contributed by atoms with E-state index in [1.54, 1.807) is 12.1 Å². The van der Waals surface area contributed by atoms with Crippen LogP contribution in [0.4, 0.5) is 21.9 Å². The topological polar surface area (TPSA) is 96.7 Å². The van der Waals surface area contributed by atoms with Gasteiger partial charge in [0.25, 0.3) is 5.91 Å². The summed E-state index contributed by atoms with van der Waals surface area (Å²) >= 11 is 0. The van der Waals surface area contributed by atoms with E-state index in [1.165, 1.54) is 12.0 Å². The Morgan fingerprint density at radius 2 is 1.64 bits per heavy atom. The SMILES string of the molecule is N[C@@H]1C[C@H]1c1ccc(NC(=O)c2ccc(N3CCCCC3)c(NC(=O)OCc3ccccc3)c2)cc1. The highest BCUT2D eigenvalue weighted by Crippen LogP contribution is 2.39. The molecular formula is C29H32N4O3. The largest absolute Gasteiger partial charge is 0.444 e. The van der Waals surface area contributed by atoms with Crippen molar-refractivity contribution in [2.45, 2.75) is 44.2 Å². The molecule has 36 heavy (non-hydrogen) atoms. The van der Waals surface area contributed by atoms with Gasteiger partial charge in [-0.3, -0.25) is 10.1 Å². The van der Waals surface area contributed by atoms with Gasteiger partial charge in [-0.25, -0.2) is 4.79 Å². The lowest BCUT2D eigenvalue weighted by Gasteiger charge is -2.30. The first-order valence-electron chi connectivity index (χ1n) is 12.6. The number of amides is 2. The molecule has 1 heterocycles. The minimum absolute atomic E-state index is 0.174. The van der Waals surface area contributed by atoms with Crippen molar-refractivity contribution >= 4 is 29.1 Å². The van der Waals surface area contributed by atoms with Crippen LogP contribution in [-0.2, 0) is 11.3 Å². The van der Waals surface area contributed by atoms with Crippen molar-refractivity contribution in [1.29, 1.82) is 0 Å². The smallest absolute Gasteiger partial charge is 0.412 e. The third kappa shape index (κ3) is 5.86. The van der Waals surface area contributed by atoms with Crippen LogP contribution in [0.15, 0.2) is 72.8 Å². The average Bonchev–Trinajstić information content (AvgIpc) is 3.65. The first kappa shape index (κ1) is 23.9. The molecule has 2 fully saturated rings. The fourth-order valence-corrected chi connectivity index (χ4v) is 4.67. The number of rotatable bonds is 7. The van der Waals surface area contributed by atoms with Gasteiger partial charge >= 0.3 is 6.09 Å². The highest BCUT2D eigenvalue weighted by Gasteiger charge is 2.34. The highest BCUT2D eigenvalue weighted by atomic mass is 16.5. The number of ether oxygens (including phenoxy) is 1. The molecule has 5 rings (SSSR count). The molecule has 3 aromatic carbocycles. The van der Waals surface area contributed by atoms with Gasteiger partial charge in [0.2, 0.25) is 0 Å². The maximum Gasteiger partial charge on any atom is 0.412 e. The van der Waals surface area contributed by atoms with Crippen LogP contribution in [0.3, 0.4) is 0 Å². The molecule has 1 aliphatic carbocycles. The fourth-order valence-electron chi connectivity index (χ4n) is 4.67. The number of carbonyl (C=O) groups excluding carboxylic acids is 2. The fraction of sp³-hybridized carbons (Fsp3) is 0.310. The normalized spacial score (nSPS) is 18.9. The molecule has 7 heteroatoms. The van der Waals surface area contributed by atoms with E-state index in [0.29, 0.717) is 17.2 Å². The summed E-state index contributed by atoms with van der Waals surface area (Å²) in [6, 6.07) is 23.1. The van der Waals surface area contributed by atoms with E-state index < -0.39 is 6.09 Å². The zero-order valence-electron chi connectivity index (χ0n) is 20.3. The molecule has 2 amide bonds. The second-order valence-electron chi connectivity index (χ2n) is 9.55. The van der Waals surface area contributed by atoms with Gasteiger partial charge in [0.1, 0.15) is 6.61 Å². The monoisotopic (exact) mass is 484 g/mol. The number of nitrogens with two attached hydrogens (primary N) is 1. The van der Waals surface area contributed by atoms with Crippen molar-refractivity contribution < 1.29 is 14.3 Å². The minimum atomic E-state index is -0.552. The van der Waals surface area contributed by atoms with Gasteiger partial charge in [-0.15, -0.1) is 0 Å². The minimum Gasteiger partial charge on any atom is -0.444 e. The van der Waals surface area contributed by atoms with Crippen molar-refractivity contribution in [1.82, 2.24) is 0 Å². The van der Waals surface area contributed by atoms with Crippen LogP contribution < -0.4 is 21.3 Å². The maximum absolute atomic E-state index is 13.0. The number of carbonyl (C=O) groups is 2. The second kappa shape index (κ2) is 10.8. The lowest BCUT2D eigenvalue weighted by Crippen LogP contribution is -2.30. The van der Waals surface area contributed by atoms with E-state index >= 15 is 0 Å². The predicted octanol–water partition coefficient (Wildman–Crippen LogP) is 5.49. The summed E-state index contributed by atoms with van der Waals surface area (Å²) in [6.07, 6.45) is 3.86. The molecule has 186 valence electrons. The molecule has 2 atom stereocenters. The Kier molecular flexibility index (Phi) is 7.18. The molecule has 1 saturated heterocycles. The Balaban J connectivity index is 1.30. The molecule has 0 unspecified atom stereocenters. The predicted molar refractivity (Wildman–Crippen MR) is 142 cm³/mol. The van der Waals surface area contributed by atoms with E-state index in [2.05, 4.69) is 15.5 Å². The van der Waals surface area contributed by atoms with Gasteiger partial charge in [-0.1, -0.05) is 42.5 Å². The number of benzene rings is 3. The first-order chi connectivity index (χ1) is 17.6. The Hall–Kier alpha value is -3.84. The molecule has 0 spiro atoms. The van der Waals surface area contributed by atoms with Crippen LogP contribution in [0, 0.1) is 0 Å². The molecule has 1 aliphatic heterocycles. The summed E-state index contributed by atoms with van der Waals surface area (Å²) in [6.45, 7) is 2.00. The summed E-state index contributed by atoms with van der Waals surface area (Å²) in [7, 11) is 0. The molecule has 0 aromatic heterocycles. The van der Waals surface area contributed by atoms with E-state index in [0.717, 1.165) is 49.3 Å².